The second-order valence-corrected chi connectivity index (χ2v) is 13.5. The van der Waals surface area contributed by atoms with Gasteiger partial charge in [-0.15, -0.1) is 4.36 Å². The third-order valence-electron chi connectivity index (χ3n) is 7.43. The fraction of sp³-hybridized carbons (Fsp3) is 0.242. The molecule has 4 amide bonds. The van der Waals surface area contributed by atoms with Gasteiger partial charge in [-0.25, -0.2) is 22.8 Å². The van der Waals surface area contributed by atoms with Crippen molar-refractivity contribution in [2.24, 2.45) is 4.36 Å². The molecule has 2 aromatic heterocycles. The molecule has 2 N–H and O–H groups in total. The standard InChI is InChI=1S/C33H30F2N6O6S/c1-48(45,40-33(44)36-10-4-11-41-31(42)23-6-2-3-7-24(23)32(41)43)19-20-14-29-38-28-17-25(26(35)18-37-28)22-9-8-21(34)16-27(22)46-12-5-13-47-30(15-20)39-29/h2-3,6-9,14-18H,4-5,10-13,19H2,1H3,(H,36,44)(H,37,38,39). The van der Waals surface area contributed by atoms with E-state index in [2.05, 4.69) is 25.0 Å². The first kappa shape index (κ1) is 32.5. The lowest BCUT2D eigenvalue weighted by Crippen LogP contribution is -2.33. The van der Waals surface area contributed by atoms with Gasteiger partial charge in [0.1, 0.15) is 29.0 Å². The van der Waals surface area contributed by atoms with Crippen LogP contribution in [0.2, 0.25) is 0 Å². The van der Waals surface area contributed by atoms with E-state index in [0.29, 0.717) is 28.7 Å². The third-order valence-corrected chi connectivity index (χ3v) is 8.85. The molecule has 2 aromatic carbocycles. The Labute approximate surface area is 274 Å². The molecule has 0 spiro atoms. The lowest BCUT2D eigenvalue weighted by Gasteiger charge is -2.16. The van der Waals surface area contributed by atoms with Crippen LogP contribution in [0.4, 0.5) is 25.2 Å². The highest BCUT2D eigenvalue weighted by Crippen LogP contribution is 2.34. The van der Waals surface area contributed by atoms with E-state index in [9.17, 15) is 27.4 Å². The number of urea groups is 1. The zero-order valence-corrected chi connectivity index (χ0v) is 26.5. The summed E-state index contributed by atoms with van der Waals surface area (Å²) in [6.45, 7) is 0.525. The van der Waals surface area contributed by atoms with Crippen molar-refractivity contribution in [3.8, 4) is 22.8 Å². The first-order valence-corrected chi connectivity index (χ1v) is 17.1. The van der Waals surface area contributed by atoms with E-state index >= 15 is 0 Å². The summed E-state index contributed by atoms with van der Waals surface area (Å²) in [5, 5.41) is 5.57. The van der Waals surface area contributed by atoms with Crippen molar-refractivity contribution in [1.82, 2.24) is 20.2 Å². The minimum Gasteiger partial charge on any atom is -0.493 e. The van der Waals surface area contributed by atoms with Crippen LogP contribution in [0.5, 0.6) is 11.6 Å². The zero-order chi connectivity index (χ0) is 33.8. The number of hydrogen-bond donors (Lipinski definition) is 2. The number of carbonyl (C=O) groups is 3. The van der Waals surface area contributed by atoms with Crippen LogP contribution in [-0.4, -0.2) is 69.5 Å². The van der Waals surface area contributed by atoms with Crippen molar-refractivity contribution in [1.29, 1.82) is 0 Å². The topological polar surface area (TPSA) is 152 Å². The number of benzene rings is 2. The quantitative estimate of drug-likeness (QED) is 0.204. The molecule has 248 valence electrons. The van der Waals surface area contributed by atoms with Gasteiger partial charge in [0.2, 0.25) is 5.88 Å². The number of nitrogens with zero attached hydrogens (tertiary/aromatic N) is 4. The van der Waals surface area contributed by atoms with Crippen LogP contribution >= 0.6 is 0 Å². The van der Waals surface area contributed by atoms with Crippen LogP contribution in [0.15, 0.2) is 71.2 Å². The molecular weight excluding hydrogens is 646 g/mol. The van der Waals surface area contributed by atoms with E-state index in [4.69, 9.17) is 9.47 Å². The molecule has 48 heavy (non-hydrogen) atoms. The van der Waals surface area contributed by atoms with E-state index in [1.54, 1.807) is 36.4 Å². The summed E-state index contributed by atoms with van der Waals surface area (Å²) in [5.41, 5.74) is 1.66. The SMILES string of the molecule is CS(=O)(Cc1cc2nc(c1)OCCCOc1cc(F)ccc1-c1cc(ncc1F)N2)=NC(=O)NCCCN1C(=O)c2ccccc2C1=O. The maximum Gasteiger partial charge on any atom is 0.349 e. The molecule has 2 aliphatic rings. The monoisotopic (exact) mass is 676 g/mol. The van der Waals surface area contributed by atoms with E-state index in [1.807, 2.05) is 0 Å². The Morgan fingerprint density at radius 2 is 1.73 bits per heavy atom. The van der Waals surface area contributed by atoms with Gasteiger partial charge in [-0.3, -0.25) is 14.5 Å². The summed E-state index contributed by atoms with van der Waals surface area (Å²) >= 11 is 0. The second-order valence-electron chi connectivity index (χ2n) is 11.2. The fourth-order valence-electron chi connectivity index (χ4n) is 5.30. The van der Waals surface area contributed by atoms with E-state index in [1.165, 1.54) is 30.5 Å². The summed E-state index contributed by atoms with van der Waals surface area (Å²) in [5.74, 6) is -1.22. The molecule has 2 aliphatic heterocycles. The molecule has 6 rings (SSSR count). The molecule has 15 heteroatoms. The average molecular weight is 677 g/mol. The van der Waals surface area contributed by atoms with Crippen molar-refractivity contribution in [2.75, 3.05) is 37.9 Å². The van der Waals surface area contributed by atoms with Crippen LogP contribution in [0.25, 0.3) is 11.1 Å². The van der Waals surface area contributed by atoms with Crippen LogP contribution in [0.3, 0.4) is 0 Å². The number of hydrogen-bond acceptors (Lipinski definition) is 9. The van der Waals surface area contributed by atoms with Gasteiger partial charge in [-0.05, 0) is 48.4 Å². The molecule has 1 unspecified atom stereocenters. The summed E-state index contributed by atoms with van der Waals surface area (Å²) < 4.78 is 57.8. The number of fused-ring (bicyclic) bond motifs is 7. The van der Waals surface area contributed by atoms with Crippen LogP contribution in [0.1, 0.15) is 39.1 Å². The molecule has 12 nitrogen and oxygen atoms in total. The minimum atomic E-state index is -3.10. The lowest BCUT2D eigenvalue weighted by atomic mass is 10.0. The van der Waals surface area contributed by atoms with Gasteiger partial charge >= 0.3 is 6.03 Å². The Hall–Kier alpha value is -5.44. The second kappa shape index (κ2) is 13.7. The van der Waals surface area contributed by atoms with Gasteiger partial charge in [0, 0.05) is 49.0 Å². The fourth-order valence-corrected chi connectivity index (χ4v) is 6.57. The minimum absolute atomic E-state index is 0.0996. The van der Waals surface area contributed by atoms with Crippen molar-refractivity contribution in [3.63, 3.8) is 0 Å². The molecule has 0 saturated carbocycles. The summed E-state index contributed by atoms with van der Waals surface area (Å²) in [7, 11) is -3.10. The predicted octanol–water partition coefficient (Wildman–Crippen LogP) is 5.32. The van der Waals surface area contributed by atoms with E-state index < -0.39 is 27.4 Å². The van der Waals surface area contributed by atoms with Gasteiger partial charge in [0.05, 0.1) is 46.0 Å². The third kappa shape index (κ3) is 7.41. The highest BCUT2D eigenvalue weighted by molar-refractivity contribution is 7.92. The smallest absolute Gasteiger partial charge is 0.349 e. The Kier molecular flexibility index (Phi) is 9.30. The van der Waals surface area contributed by atoms with Gasteiger partial charge in [-0.1, -0.05) is 12.1 Å². The molecule has 1 atom stereocenters. The first-order chi connectivity index (χ1) is 23.1. The van der Waals surface area contributed by atoms with Gasteiger partial charge in [0.25, 0.3) is 11.8 Å². The molecular formula is C33H30F2N6O6S. The van der Waals surface area contributed by atoms with E-state index in [0.717, 1.165) is 11.1 Å². The number of amides is 4. The number of ether oxygens (including phenoxy) is 2. The summed E-state index contributed by atoms with van der Waals surface area (Å²) in [6, 6.07) is 14.2. The summed E-state index contributed by atoms with van der Waals surface area (Å²) in [4.78, 5) is 47.3. The number of pyridine rings is 2. The molecule has 0 radical (unpaired) electrons. The Bertz CT molecular complexity index is 2020. The number of nitrogens with one attached hydrogen (secondary N) is 2. The summed E-state index contributed by atoms with van der Waals surface area (Å²) in [6.07, 6.45) is 3.04. The molecule has 4 bridgehead atoms. The molecule has 0 fully saturated rings. The van der Waals surface area contributed by atoms with Gasteiger partial charge in [0.15, 0.2) is 0 Å². The van der Waals surface area contributed by atoms with Crippen molar-refractivity contribution in [2.45, 2.75) is 18.6 Å². The highest BCUT2D eigenvalue weighted by atomic mass is 32.2. The Morgan fingerprint density at radius 1 is 0.979 bits per heavy atom. The number of rotatable bonds is 6. The Balaban J connectivity index is 1.14. The zero-order valence-electron chi connectivity index (χ0n) is 25.7. The van der Waals surface area contributed by atoms with Gasteiger partial charge < -0.3 is 20.1 Å². The number of imide groups is 1. The van der Waals surface area contributed by atoms with Crippen LogP contribution in [0, 0.1) is 11.6 Å². The number of halogens is 2. The van der Waals surface area contributed by atoms with Gasteiger partial charge in [-0.2, -0.15) is 4.98 Å². The number of carbonyl (C=O) groups excluding carboxylic acids is 3. The molecule has 4 aromatic rings. The van der Waals surface area contributed by atoms with Crippen LogP contribution in [-0.2, 0) is 15.5 Å². The predicted molar refractivity (Wildman–Crippen MR) is 173 cm³/mol. The molecule has 0 aliphatic carbocycles. The van der Waals surface area contributed by atoms with Crippen LogP contribution < -0.4 is 20.1 Å². The van der Waals surface area contributed by atoms with Crippen molar-refractivity contribution in [3.05, 3.63) is 95.2 Å². The maximum absolute atomic E-state index is 14.9. The highest BCUT2D eigenvalue weighted by Gasteiger charge is 2.34. The number of anilines is 2. The van der Waals surface area contributed by atoms with Crippen molar-refractivity contribution < 1.29 is 36.8 Å². The largest absolute Gasteiger partial charge is 0.493 e. The average Bonchev–Trinajstić information content (AvgIpc) is 3.28. The normalized spacial score (nSPS) is 15.1. The number of aromatic nitrogens is 2. The van der Waals surface area contributed by atoms with E-state index in [-0.39, 0.29) is 79.1 Å². The molecule has 4 heterocycles. The van der Waals surface area contributed by atoms with Crippen molar-refractivity contribution >= 4 is 39.2 Å². The lowest BCUT2D eigenvalue weighted by molar-refractivity contribution is 0.0653. The first-order valence-electron chi connectivity index (χ1n) is 15.0. The molecule has 0 saturated heterocycles. The maximum atomic E-state index is 14.9. The Morgan fingerprint density at radius 3 is 2.50 bits per heavy atom.